The molecule has 0 bridgehead atoms. The molecule has 1 aliphatic heterocycles. The number of carbonyl (C=O) groups is 1. The first-order valence-corrected chi connectivity index (χ1v) is 8.99. The van der Waals surface area contributed by atoms with E-state index < -0.39 is 17.6 Å². The van der Waals surface area contributed by atoms with E-state index >= 15 is 0 Å². The molecule has 0 spiro atoms. The van der Waals surface area contributed by atoms with Crippen LogP contribution in [0.1, 0.15) is 34.3 Å². The van der Waals surface area contributed by atoms with E-state index in [0.29, 0.717) is 6.54 Å². The zero-order valence-electron chi connectivity index (χ0n) is 14.9. The van der Waals surface area contributed by atoms with E-state index in [4.69, 9.17) is 0 Å². The molecule has 1 aromatic heterocycles. The fourth-order valence-corrected chi connectivity index (χ4v) is 3.36. The Kier molecular flexibility index (Phi) is 6.11. The highest BCUT2D eigenvalue weighted by Crippen LogP contribution is 2.31. The van der Waals surface area contributed by atoms with Gasteiger partial charge in [0.2, 0.25) is 0 Å². The number of rotatable bonds is 5. The van der Waals surface area contributed by atoms with Gasteiger partial charge in [-0.25, -0.2) is 0 Å². The average molecular weight is 377 g/mol. The highest BCUT2D eigenvalue weighted by molar-refractivity contribution is 5.95. The van der Waals surface area contributed by atoms with Crippen molar-refractivity contribution in [2.75, 3.05) is 19.6 Å². The molecule has 1 amide bonds. The zero-order chi connectivity index (χ0) is 19.3. The van der Waals surface area contributed by atoms with Crippen molar-refractivity contribution in [2.45, 2.75) is 25.6 Å². The van der Waals surface area contributed by atoms with Crippen molar-refractivity contribution in [1.29, 1.82) is 0 Å². The van der Waals surface area contributed by atoms with E-state index in [1.165, 1.54) is 23.8 Å². The lowest BCUT2D eigenvalue weighted by atomic mass is 9.96. The van der Waals surface area contributed by atoms with Crippen molar-refractivity contribution >= 4 is 5.91 Å². The van der Waals surface area contributed by atoms with Crippen LogP contribution in [-0.4, -0.2) is 35.4 Å². The molecule has 4 nitrogen and oxygen atoms in total. The summed E-state index contributed by atoms with van der Waals surface area (Å²) < 4.78 is 39.1. The van der Waals surface area contributed by atoms with Gasteiger partial charge < -0.3 is 5.32 Å². The van der Waals surface area contributed by atoms with Gasteiger partial charge in [0, 0.05) is 25.5 Å². The third-order valence-corrected chi connectivity index (χ3v) is 4.89. The van der Waals surface area contributed by atoms with E-state index in [2.05, 4.69) is 15.2 Å². The van der Waals surface area contributed by atoms with Crippen LogP contribution in [0.3, 0.4) is 0 Å². The van der Waals surface area contributed by atoms with Crippen molar-refractivity contribution < 1.29 is 18.0 Å². The molecule has 0 unspecified atom stereocenters. The molecule has 1 saturated heterocycles. The quantitative estimate of drug-likeness (QED) is 0.863. The first-order valence-electron chi connectivity index (χ1n) is 8.99. The predicted octanol–water partition coefficient (Wildman–Crippen LogP) is 3.74. The molecule has 0 saturated carbocycles. The fraction of sp³-hybridized carbons (Fsp3) is 0.400. The number of aromatic nitrogens is 1. The third-order valence-electron chi connectivity index (χ3n) is 4.89. The highest BCUT2D eigenvalue weighted by atomic mass is 19.4. The summed E-state index contributed by atoms with van der Waals surface area (Å²) in [7, 11) is 0. The smallest absolute Gasteiger partial charge is 0.352 e. The molecule has 7 heteroatoms. The lowest BCUT2D eigenvalue weighted by Gasteiger charge is -2.32. The Labute approximate surface area is 156 Å². The molecule has 0 atom stereocenters. The summed E-state index contributed by atoms with van der Waals surface area (Å²) in [6.07, 6.45) is 0.831. The maximum atomic E-state index is 13.0. The summed E-state index contributed by atoms with van der Waals surface area (Å²) in [4.78, 5) is 18.6. The fourth-order valence-electron chi connectivity index (χ4n) is 3.36. The van der Waals surface area contributed by atoms with Crippen molar-refractivity contribution in [3.63, 3.8) is 0 Å². The lowest BCUT2D eigenvalue weighted by Crippen LogP contribution is -2.38. The van der Waals surface area contributed by atoms with Crippen molar-refractivity contribution in [3.05, 3.63) is 65.5 Å². The monoisotopic (exact) mass is 377 g/mol. The van der Waals surface area contributed by atoms with Gasteiger partial charge in [0.25, 0.3) is 5.91 Å². The number of nitrogens with one attached hydrogen (secondary N) is 1. The Hall–Kier alpha value is -2.41. The average Bonchev–Trinajstić information content (AvgIpc) is 2.67. The summed E-state index contributed by atoms with van der Waals surface area (Å²) in [6, 6.07) is 8.87. The first kappa shape index (κ1) is 19.4. The second-order valence-electron chi connectivity index (χ2n) is 6.83. The van der Waals surface area contributed by atoms with Crippen LogP contribution in [0.15, 0.2) is 48.8 Å². The Morgan fingerprint density at radius 1 is 1.11 bits per heavy atom. The first-order chi connectivity index (χ1) is 12.9. The van der Waals surface area contributed by atoms with Gasteiger partial charge in [-0.15, -0.1) is 0 Å². The number of hydrogen-bond acceptors (Lipinski definition) is 3. The third kappa shape index (κ3) is 5.29. The second kappa shape index (κ2) is 8.52. The predicted molar refractivity (Wildman–Crippen MR) is 96.0 cm³/mol. The van der Waals surface area contributed by atoms with Crippen LogP contribution in [0.4, 0.5) is 13.2 Å². The molecular formula is C20H22F3N3O. The number of nitrogens with zero attached hydrogens (tertiary/aromatic N) is 2. The Morgan fingerprint density at radius 2 is 1.78 bits per heavy atom. The molecule has 27 heavy (non-hydrogen) atoms. The molecule has 1 aliphatic rings. The van der Waals surface area contributed by atoms with Gasteiger partial charge in [-0.3, -0.25) is 14.7 Å². The van der Waals surface area contributed by atoms with Gasteiger partial charge in [0.1, 0.15) is 0 Å². The lowest BCUT2D eigenvalue weighted by molar-refractivity contribution is -0.137. The minimum Gasteiger partial charge on any atom is -0.352 e. The second-order valence-corrected chi connectivity index (χ2v) is 6.83. The van der Waals surface area contributed by atoms with Crippen molar-refractivity contribution in [3.8, 4) is 0 Å². The van der Waals surface area contributed by atoms with Crippen LogP contribution in [0.2, 0.25) is 0 Å². The summed E-state index contributed by atoms with van der Waals surface area (Å²) >= 11 is 0. The zero-order valence-corrected chi connectivity index (χ0v) is 14.9. The Bertz CT molecular complexity index is 757. The molecule has 0 aliphatic carbocycles. The number of carbonyl (C=O) groups excluding carboxylic acids is 1. The number of alkyl halides is 3. The maximum absolute atomic E-state index is 13.0. The summed E-state index contributed by atoms with van der Waals surface area (Å²) in [6.45, 7) is 3.07. The van der Waals surface area contributed by atoms with Gasteiger partial charge in [0.05, 0.1) is 11.1 Å². The SMILES string of the molecule is O=C(NCC1CCN(Cc2ccncc2)CC1)c1ccccc1C(F)(F)F. The minimum absolute atomic E-state index is 0.278. The number of benzene rings is 1. The molecule has 144 valence electrons. The summed E-state index contributed by atoms with van der Waals surface area (Å²) in [5, 5.41) is 2.68. The molecule has 1 N–H and O–H groups in total. The standard InChI is InChI=1S/C20H22F3N3O/c21-20(22,23)18-4-2-1-3-17(18)19(27)25-13-15-7-11-26(12-8-15)14-16-5-9-24-10-6-16/h1-6,9-10,15H,7-8,11-14H2,(H,25,27). The van der Waals surface area contributed by atoms with E-state index in [0.717, 1.165) is 38.5 Å². The van der Waals surface area contributed by atoms with Gasteiger partial charge in [-0.1, -0.05) is 12.1 Å². The molecule has 3 rings (SSSR count). The normalized spacial score (nSPS) is 16.3. The van der Waals surface area contributed by atoms with Crippen LogP contribution in [0.5, 0.6) is 0 Å². The van der Waals surface area contributed by atoms with Crippen LogP contribution < -0.4 is 5.32 Å². The van der Waals surface area contributed by atoms with Gasteiger partial charge in [0.15, 0.2) is 0 Å². The largest absolute Gasteiger partial charge is 0.417 e. The van der Waals surface area contributed by atoms with Crippen molar-refractivity contribution in [1.82, 2.24) is 15.2 Å². The molecular weight excluding hydrogens is 355 g/mol. The molecule has 2 aromatic rings. The van der Waals surface area contributed by atoms with Crippen LogP contribution in [0, 0.1) is 5.92 Å². The molecule has 0 radical (unpaired) electrons. The number of hydrogen-bond donors (Lipinski definition) is 1. The Balaban J connectivity index is 1.49. The van der Waals surface area contributed by atoms with E-state index in [1.54, 1.807) is 12.4 Å². The van der Waals surface area contributed by atoms with Gasteiger partial charge in [-0.05, 0) is 61.7 Å². The summed E-state index contributed by atoms with van der Waals surface area (Å²) in [5.41, 5.74) is -0.00435. The Morgan fingerprint density at radius 3 is 2.44 bits per heavy atom. The van der Waals surface area contributed by atoms with Crippen LogP contribution in [-0.2, 0) is 12.7 Å². The van der Waals surface area contributed by atoms with Crippen molar-refractivity contribution in [2.24, 2.45) is 5.92 Å². The topological polar surface area (TPSA) is 45.2 Å². The number of likely N-dealkylation sites (tertiary alicyclic amines) is 1. The number of halogens is 3. The number of pyridine rings is 1. The summed E-state index contributed by atoms with van der Waals surface area (Å²) in [5.74, 6) is -0.386. The van der Waals surface area contributed by atoms with Gasteiger partial charge >= 0.3 is 6.18 Å². The highest BCUT2D eigenvalue weighted by Gasteiger charge is 2.34. The van der Waals surface area contributed by atoms with E-state index in [-0.39, 0.29) is 11.5 Å². The molecule has 1 fully saturated rings. The van der Waals surface area contributed by atoms with Gasteiger partial charge in [-0.2, -0.15) is 13.2 Å². The van der Waals surface area contributed by atoms with E-state index in [1.807, 2.05) is 12.1 Å². The van der Waals surface area contributed by atoms with Crippen LogP contribution in [0.25, 0.3) is 0 Å². The number of amides is 1. The van der Waals surface area contributed by atoms with E-state index in [9.17, 15) is 18.0 Å². The van der Waals surface area contributed by atoms with Crippen LogP contribution >= 0.6 is 0 Å². The number of piperidine rings is 1. The molecule has 1 aromatic carbocycles. The molecule has 2 heterocycles. The maximum Gasteiger partial charge on any atom is 0.417 e. The minimum atomic E-state index is -4.54.